The monoisotopic (exact) mass is 308 g/mol. The second-order valence-corrected chi connectivity index (χ2v) is 6.25. The zero-order valence-electron chi connectivity index (χ0n) is 11.8. The average Bonchev–Trinajstić information content (AvgIpc) is 2.43. The van der Waals surface area contributed by atoms with E-state index in [0.717, 1.165) is 16.8 Å². The predicted molar refractivity (Wildman–Crippen MR) is 80.5 cm³/mol. The molecule has 1 amide bonds. The first-order chi connectivity index (χ1) is 9.90. The van der Waals surface area contributed by atoms with Gasteiger partial charge in [-0.15, -0.1) is 0 Å². The van der Waals surface area contributed by atoms with Crippen LogP contribution in [0.15, 0.2) is 18.2 Å². The fourth-order valence-corrected chi connectivity index (χ4v) is 2.70. The van der Waals surface area contributed by atoms with Gasteiger partial charge in [-0.1, -0.05) is 12.1 Å². The molecule has 0 atom stereocenters. The lowest BCUT2D eigenvalue weighted by molar-refractivity contribution is -0.119. The number of hydrogen-bond acceptors (Lipinski definition) is 4. The molecule has 0 saturated heterocycles. The maximum Gasteiger partial charge on any atom is 0.277 e. The molecular weight excluding hydrogens is 291 g/mol. The largest absolute Gasteiger partial charge is 0.383 e. The van der Waals surface area contributed by atoms with Crippen molar-refractivity contribution in [3.63, 3.8) is 0 Å². The number of anilines is 1. The lowest BCUT2D eigenvalue weighted by Gasteiger charge is -2.29. The first-order valence-electron chi connectivity index (χ1n) is 6.59. The lowest BCUT2D eigenvalue weighted by atomic mass is 9.99. The van der Waals surface area contributed by atoms with Gasteiger partial charge in [-0.05, 0) is 23.6 Å². The molecule has 0 saturated carbocycles. The van der Waals surface area contributed by atoms with Gasteiger partial charge in [-0.3, -0.25) is 4.79 Å². The van der Waals surface area contributed by atoms with Gasteiger partial charge in [0.2, 0.25) is 5.91 Å². The highest BCUT2D eigenvalue weighted by Crippen LogP contribution is 2.28. The van der Waals surface area contributed by atoms with Gasteiger partial charge >= 0.3 is 0 Å². The second kappa shape index (κ2) is 6.59. The summed E-state index contributed by atoms with van der Waals surface area (Å²) in [6.45, 7) is 1.12. The molecule has 0 aromatic heterocycles. The topological polar surface area (TPSA) is 75.7 Å². The van der Waals surface area contributed by atoms with Crippen LogP contribution in [0.4, 0.5) is 5.69 Å². The fourth-order valence-electron chi connectivity index (χ4n) is 2.33. The molecule has 1 aromatic rings. The summed E-state index contributed by atoms with van der Waals surface area (Å²) in [6.07, 6.45) is 1.10. The van der Waals surface area contributed by atoms with Crippen molar-refractivity contribution in [3.8, 4) is 0 Å². The first kappa shape index (κ1) is 16.0. The van der Waals surface area contributed by atoms with Crippen molar-refractivity contribution in [2.24, 2.45) is 0 Å². The number of aryl methyl sites for hydroxylation is 1. The Bertz CT molecular complexity index is 633. The van der Waals surface area contributed by atoms with Crippen molar-refractivity contribution >= 4 is 28.6 Å². The van der Waals surface area contributed by atoms with Gasteiger partial charge in [-0.2, -0.15) is 0 Å². The number of amides is 1. The summed E-state index contributed by atoms with van der Waals surface area (Å²) in [5, 5.41) is 0. The average molecular weight is 308 g/mol. The number of hydrogen-bond donors (Lipinski definition) is 1. The molecule has 6 nitrogen and oxygen atoms in total. The molecular formula is C13H17BN2O4S. The summed E-state index contributed by atoms with van der Waals surface area (Å²) in [7, 11) is 2.80. The van der Waals surface area contributed by atoms with Crippen LogP contribution in [-0.4, -0.2) is 41.7 Å². The van der Waals surface area contributed by atoms with Crippen LogP contribution in [0.25, 0.3) is 0 Å². The third-order valence-corrected chi connectivity index (χ3v) is 3.89. The third kappa shape index (κ3) is 4.29. The van der Waals surface area contributed by atoms with E-state index < -0.39 is 9.87 Å². The number of methoxy groups -OCH3 is 1. The molecule has 21 heavy (non-hydrogen) atoms. The van der Waals surface area contributed by atoms with Crippen molar-refractivity contribution in [1.82, 2.24) is 4.72 Å². The van der Waals surface area contributed by atoms with Gasteiger partial charge < -0.3 is 9.64 Å². The molecule has 1 aromatic carbocycles. The summed E-state index contributed by atoms with van der Waals surface area (Å²) in [5.74, 6) is 0.0787. The molecule has 1 N–H and O–H groups in total. The first-order valence-corrected chi connectivity index (χ1v) is 8.14. The highest BCUT2D eigenvalue weighted by atomic mass is 32.2. The van der Waals surface area contributed by atoms with Crippen LogP contribution in [0.5, 0.6) is 0 Å². The van der Waals surface area contributed by atoms with Crippen LogP contribution < -0.4 is 9.62 Å². The highest BCUT2D eigenvalue weighted by Gasteiger charge is 2.23. The summed E-state index contributed by atoms with van der Waals surface area (Å²) >= 11 is 0. The quantitative estimate of drug-likeness (QED) is 0.757. The van der Waals surface area contributed by atoms with E-state index in [1.54, 1.807) is 18.1 Å². The van der Waals surface area contributed by atoms with E-state index in [2.05, 4.69) is 4.72 Å². The molecule has 0 aliphatic carbocycles. The summed E-state index contributed by atoms with van der Waals surface area (Å²) < 4.78 is 29.1. The van der Waals surface area contributed by atoms with Crippen molar-refractivity contribution < 1.29 is 17.9 Å². The van der Waals surface area contributed by atoms with Gasteiger partial charge in [0.1, 0.15) is 9.87 Å². The Morgan fingerprint density at radius 2 is 2.14 bits per heavy atom. The number of benzene rings is 1. The van der Waals surface area contributed by atoms with E-state index in [9.17, 15) is 13.2 Å². The standard InChI is InChI=1S/C13H17BN2O4S/c1-20-7-6-16-12-4-2-10(9-15-21(14,18)19)8-11(12)3-5-13(16)17/h2,4,8,15H,3,5-7,9H2,1H3. The Kier molecular flexibility index (Phi) is 5.02. The van der Waals surface area contributed by atoms with Gasteiger partial charge in [-0.25, -0.2) is 13.1 Å². The molecule has 112 valence electrons. The zero-order chi connectivity index (χ0) is 15.5. The SMILES string of the molecule is [B]S(=O)(=O)NCc1ccc2c(c1)CCC(=O)N2CCOC. The normalized spacial score (nSPS) is 15.1. The van der Waals surface area contributed by atoms with Crippen LogP contribution in [-0.2, 0) is 32.4 Å². The number of nitrogens with zero attached hydrogens (tertiary/aromatic N) is 1. The molecule has 0 unspecified atom stereocenters. The van der Waals surface area contributed by atoms with E-state index in [4.69, 9.17) is 11.9 Å². The van der Waals surface area contributed by atoms with E-state index >= 15 is 0 Å². The lowest BCUT2D eigenvalue weighted by Crippen LogP contribution is -2.37. The van der Waals surface area contributed by atoms with Crippen LogP contribution in [0.3, 0.4) is 0 Å². The number of fused-ring (bicyclic) bond motifs is 1. The number of rotatable bonds is 6. The smallest absolute Gasteiger partial charge is 0.277 e. The summed E-state index contributed by atoms with van der Waals surface area (Å²) in [4.78, 5) is 13.7. The predicted octanol–water partition coefficient (Wildman–Crippen LogP) is 0.115. The van der Waals surface area contributed by atoms with Crippen LogP contribution in [0, 0.1) is 0 Å². The Balaban J connectivity index is 2.18. The number of carbonyl (C=O) groups excluding carboxylic acids is 1. The Morgan fingerprint density at radius 3 is 2.81 bits per heavy atom. The van der Waals surface area contributed by atoms with E-state index in [1.807, 2.05) is 12.1 Å². The molecule has 1 heterocycles. The molecule has 0 bridgehead atoms. The molecule has 2 rings (SSSR count). The third-order valence-electron chi connectivity index (χ3n) is 3.34. The van der Waals surface area contributed by atoms with E-state index in [1.165, 1.54) is 0 Å². The minimum Gasteiger partial charge on any atom is -0.383 e. The molecule has 1 aliphatic rings. The summed E-state index contributed by atoms with van der Waals surface area (Å²) in [6, 6.07) is 5.53. The Hall–Kier alpha value is -1.38. The van der Waals surface area contributed by atoms with Crippen molar-refractivity contribution in [2.75, 3.05) is 25.2 Å². The maximum absolute atomic E-state index is 12.0. The van der Waals surface area contributed by atoms with Gasteiger partial charge in [0, 0.05) is 32.3 Å². The minimum absolute atomic E-state index is 0.0787. The number of carbonyl (C=O) groups is 1. The van der Waals surface area contributed by atoms with E-state index in [0.29, 0.717) is 26.0 Å². The molecule has 2 radical (unpaired) electrons. The number of ether oxygens (including phenoxy) is 1. The molecule has 0 fully saturated rings. The minimum atomic E-state index is -3.71. The van der Waals surface area contributed by atoms with Crippen LogP contribution in [0.1, 0.15) is 17.5 Å². The Labute approximate surface area is 125 Å². The van der Waals surface area contributed by atoms with Gasteiger partial charge in [0.15, 0.2) is 0 Å². The Morgan fingerprint density at radius 1 is 1.38 bits per heavy atom. The second-order valence-electron chi connectivity index (χ2n) is 4.87. The number of nitrogens with one attached hydrogen (secondary N) is 1. The molecule has 8 heteroatoms. The fraction of sp³-hybridized carbons (Fsp3) is 0.462. The summed E-state index contributed by atoms with van der Waals surface area (Å²) in [5.41, 5.74) is 2.70. The van der Waals surface area contributed by atoms with Crippen molar-refractivity contribution in [3.05, 3.63) is 29.3 Å². The van der Waals surface area contributed by atoms with Gasteiger partial charge in [0.25, 0.3) is 7.12 Å². The van der Waals surface area contributed by atoms with Crippen LogP contribution >= 0.6 is 0 Å². The molecule has 0 spiro atoms. The maximum atomic E-state index is 12.0. The van der Waals surface area contributed by atoms with Crippen molar-refractivity contribution in [2.45, 2.75) is 19.4 Å². The van der Waals surface area contributed by atoms with E-state index in [-0.39, 0.29) is 12.5 Å². The zero-order valence-corrected chi connectivity index (χ0v) is 12.6. The van der Waals surface area contributed by atoms with Crippen molar-refractivity contribution in [1.29, 1.82) is 0 Å². The van der Waals surface area contributed by atoms with Crippen LogP contribution in [0.2, 0.25) is 0 Å². The van der Waals surface area contributed by atoms with Gasteiger partial charge in [0.05, 0.1) is 6.61 Å². The molecule has 1 aliphatic heterocycles. The highest BCUT2D eigenvalue weighted by molar-refractivity contribution is 8.10.